The highest BCUT2D eigenvalue weighted by Gasteiger charge is 2.14. The lowest BCUT2D eigenvalue weighted by molar-refractivity contribution is -0.122. The highest BCUT2D eigenvalue weighted by atomic mass is 127. The molecule has 0 saturated carbocycles. The molecule has 1 atom stereocenters. The minimum Gasteiger partial charge on any atom is -0.481 e. The summed E-state index contributed by atoms with van der Waals surface area (Å²) in [6.07, 6.45) is -0.541. The summed E-state index contributed by atoms with van der Waals surface area (Å²) in [5.74, 6) is 0.529. The third kappa shape index (κ3) is 4.24. The second-order valence-electron chi connectivity index (χ2n) is 4.07. The van der Waals surface area contributed by atoms with Crippen LogP contribution in [0, 0.1) is 3.57 Å². The molecule has 0 aliphatic carbocycles. The number of nitrogens with one attached hydrogen (secondary N) is 1. The molecular weight excluding hydrogens is 353 g/mol. The second kappa shape index (κ2) is 6.56. The molecule has 2 aromatic carbocycles. The van der Waals surface area contributed by atoms with Crippen molar-refractivity contribution in [1.82, 2.24) is 0 Å². The number of hydrogen-bond acceptors (Lipinski definition) is 2. The van der Waals surface area contributed by atoms with E-state index in [9.17, 15) is 4.79 Å². The molecule has 1 unspecified atom stereocenters. The van der Waals surface area contributed by atoms with Gasteiger partial charge in [0, 0.05) is 9.26 Å². The Kier molecular flexibility index (Phi) is 4.79. The predicted molar refractivity (Wildman–Crippen MR) is 84.3 cm³/mol. The topological polar surface area (TPSA) is 38.3 Å². The molecule has 0 spiro atoms. The number of amides is 1. The van der Waals surface area contributed by atoms with Gasteiger partial charge in [-0.25, -0.2) is 0 Å². The minimum absolute atomic E-state index is 0.162. The smallest absolute Gasteiger partial charge is 0.265 e. The van der Waals surface area contributed by atoms with E-state index in [1.165, 1.54) is 0 Å². The Morgan fingerprint density at radius 3 is 2.37 bits per heavy atom. The third-order valence-corrected chi connectivity index (χ3v) is 3.26. The van der Waals surface area contributed by atoms with E-state index >= 15 is 0 Å². The molecule has 0 fully saturated rings. The summed E-state index contributed by atoms with van der Waals surface area (Å²) in [7, 11) is 0. The van der Waals surface area contributed by atoms with Gasteiger partial charge >= 0.3 is 0 Å². The van der Waals surface area contributed by atoms with Crippen LogP contribution in [0.1, 0.15) is 6.92 Å². The first-order valence-electron chi connectivity index (χ1n) is 5.93. The maximum atomic E-state index is 11.9. The number of para-hydroxylation sites is 1. The molecule has 3 nitrogen and oxygen atoms in total. The lowest BCUT2D eigenvalue weighted by Gasteiger charge is -2.14. The molecule has 98 valence electrons. The summed E-state index contributed by atoms with van der Waals surface area (Å²) in [4.78, 5) is 11.9. The van der Waals surface area contributed by atoms with Crippen LogP contribution in [0.4, 0.5) is 5.69 Å². The van der Waals surface area contributed by atoms with Crippen molar-refractivity contribution in [2.24, 2.45) is 0 Å². The fourth-order valence-electron chi connectivity index (χ4n) is 1.54. The Balaban J connectivity index is 1.94. The van der Waals surface area contributed by atoms with Crippen LogP contribution in [0.15, 0.2) is 54.6 Å². The molecule has 1 N–H and O–H groups in total. The molecule has 0 saturated heterocycles. The minimum atomic E-state index is -0.541. The lowest BCUT2D eigenvalue weighted by Crippen LogP contribution is -2.30. The Hall–Kier alpha value is -1.56. The zero-order valence-corrected chi connectivity index (χ0v) is 12.6. The van der Waals surface area contributed by atoms with Gasteiger partial charge in [0.2, 0.25) is 0 Å². The zero-order chi connectivity index (χ0) is 13.7. The van der Waals surface area contributed by atoms with E-state index in [4.69, 9.17) is 4.74 Å². The van der Waals surface area contributed by atoms with Crippen LogP contribution in [-0.2, 0) is 4.79 Å². The molecule has 0 aliphatic rings. The number of rotatable bonds is 4. The summed E-state index contributed by atoms with van der Waals surface area (Å²) in [5.41, 5.74) is 0.769. The fourth-order valence-corrected chi connectivity index (χ4v) is 1.90. The second-order valence-corrected chi connectivity index (χ2v) is 5.31. The first kappa shape index (κ1) is 13.9. The SMILES string of the molecule is CC(Oc1ccc(I)cc1)C(=O)Nc1ccccc1. The van der Waals surface area contributed by atoms with Gasteiger partial charge in [0.1, 0.15) is 5.75 Å². The van der Waals surface area contributed by atoms with E-state index in [0.29, 0.717) is 5.75 Å². The normalized spacial score (nSPS) is 11.7. The number of anilines is 1. The molecule has 2 rings (SSSR count). The lowest BCUT2D eigenvalue weighted by atomic mass is 10.3. The molecule has 0 heterocycles. The number of benzene rings is 2. The largest absolute Gasteiger partial charge is 0.481 e. The van der Waals surface area contributed by atoms with Gasteiger partial charge in [-0.05, 0) is 65.9 Å². The van der Waals surface area contributed by atoms with Crippen molar-refractivity contribution in [3.63, 3.8) is 0 Å². The van der Waals surface area contributed by atoms with Crippen LogP contribution in [0.2, 0.25) is 0 Å². The standard InChI is InChI=1S/C15H14INO2/c1-11(19-14-9-7-12(16)8-10-14)15(18)17-13-5-3-2-4-6-13/h2-11H,1H3,(H,17,18). The van der Waals surface area contributed by atoms with Crippen molar-refractivity contribution >= 4 is 34.2 Å². The summed E-state index contributed by atoms with van der Waals surface area (Å²) < 4.78 is 6.72. The molecule has 1 amide bonds. The maximum Gasteiger partial charge on any atom is 0.265 e. The summed E-state index contributed by atoms with van der Waals surface area (Å²) >= 11 is 2.22. The monoisotopic (exact) mass is 367 g/mol. The van der Waals surface area contributed by atoms with E-state index in [1.54, 1.807) is 6.92 Å². The molecule has 0 aliphatic heterocycles. The predicted octanol–water partition coefficient (Wildman–Crippen LogP) is 3.70. The Bertz CT molecular complexity index is 540. The van der Waals surface area contributed by atoms with Gasteiger partial charge < -0.3 is 10.1 Å². The molecule has 2 aromatic rings. The third-order valence-electron chi connectivity index (χ3n) is 2.54. The van der Waals surface area contributed by atoms with Gasteiger partial charge in [0.15, 0.2) is 6.10 Å². The van der Waals surface area contributed by atoms with E-state index in [0.717, 1.165) is 9.26 Å². The number of ether oxygens (including phenoxy) is 1. The number of hydrogen-bond donors (Lipinski definition) is 1. The Labute approximate surface area is 126 Å². The van der Waals surface area contributed by atoms with Crippen molar-refractivity contribution in [2.45, 2.75) is 13.0 Å². The summed E-state index contributed by atoms with van der Waals surface area (Å²) in [5, 5.41) is 2.81. The average molecular weight is 367 g/mol. The Morgan fingerprint density at radius 1 is 1.11 bits per heavy atom. The van der Waals surface area contributed by atoms with Gasteiger partial charge in [0.25, 0.3) is 5.91 Å². The molecular formula is C15H14INO2. The van der Waals surface area contributed by atoms with E-state index in [-0.39, 0.29) is 5.91 Å². The fraction of sp³-hybridized carbons (Fsp3) is 0.133. The highest BCUT2D eigenvalue weighted by molar-refractivity contribution is 14.1. The first-order chi connectivity index (χ1) is 9.15. The summed E-state index contributed by atoms with van der Waals surface area (Å²) in [6.45, 7) is 1.73. The van der Waals surface area contributed by atoms with Gasteiger partial charge in [-0.15, -0.1) is 0 Å². The van der Waals surface area contributed by atoms with E-state index < -0.39 is 6.10 Å². The maximum absolute atomic E-state index is 11.9. The van der Waals surface area contributed by atoms with Crippen LogP contribution in [0.5, 0.6) is 5.75 Å². The number of halogens is 1. The number of carbonyl (C=O) groups is 1. The molecule has 0 aromatic heterocycles. The summed E-state index contributed by atoms with van der Waals surface area (Å²) in [6, 6.07) is 16.9. The van der Waals surface area contributed by atoms with Gasteiger partial charge in [-0.3, -0.25) is 4.79 Å². The van der Waals surface area contributed by atoms with Crippen LogP contribution in [-0.4, -0.2) is 12.0 Å². The highest BCUT2D eigenvalue weighted by Crippen LogP contribution is 2.15. The van der Waals surface area contributed by atoms with Crippen molar-refractivity contribution in [3.8, 4) is 5.75 Å². The molecule has 19 heavy (non-hydrogen) atoms. The Morgan fingerprint density at radius 2 is 1.74 bits per heavy atom. The molecule has 4 heteroatoms. The zero-order valence-electron chi connectivity index (χ0n) is 10.5. The van der Waals surface area contributed by atoms with Crippen molar-refractivity contribution in [2.75, 3.05) is 5.32 Å². The van der Waals surface area contributed by atoms with Crippen LogP contribution < -0.4 is 10.1 Å². The average Bonchev–Trinajstić information content (AvgIpc) is 2.42. The van der Waals surface area contributed by atoms with Crippen LogP contribution >= 0.6 is 22.6 Å². The van der Waals surface area contributed by atoms with Gasteiger partial charge in [0.05, 0.1) is 0 Å². The molecule has 0 bridgehead atoms. The van der Waals surface area contributed by atoms with Crippen molar-refractivity contribution < 1.29 is 9.53 Å². The van der Waals surface area contributed by atoms with Crippen molar-refractivity contribution in [3.05, 3.63) is 58.2 Å². The van der Waals surface area contributed by atoms with Gasteiger partial charge in [-0.2, -0.15) is 0 Å². The van der Waals surface area contributed by atoms with Crippen LogP contribution in [0.25, 0.3) is 0 Å². The molecule has 0 radical (unpaired) electrons. The first-order valence-corrected chi connectivity index (χ1v) is 7.01. The van der Waals surface area contributed by atoms with Crippen LogP contribution in [0.3, 0.4) is 0 Å². The quantitative estimate of drug-likeness (QED) is 0.837. The van der Waals surface area contributed by atoms with Crippen molar-refractivity contribution in [1.29, 1.82) is 0 Å². The van der Waals surface area contributed by atoms with E-state index in [2.05, 4.69) is 27.9 Å². The van der Waals surface area contributed by atoms with Gasteiger partial charge in [-0.1, -0.05) is 18.2 Å². The van der Waals surface area contributed by atoms with E-state index in [1.807, 2.05) is 54.6 Å². The number of carbonyl (C=O) groups excluding carboxylic acids is 1.